The average molecular weight is 733 g/mol. The summed E-state index contributed by atoms with van der Waals surface area (Å²) in [5.41, 5.74) is 10.1. The van der Waals surface area contributed by atoms with Gasteiger partial charge in [-0.25, -0.2) is 0 Å². The summed E-state index contributed by atoms with van der Waals surface area (Å²) >= 11 is 0. The highest BCUT2D eigenvalue weighted by Crippen LogP contribution is 2.27. The van der Waals surface area contributed by atoms with E-state index in [1.54, 1.807) is 0 Å². The lowest BCUT2D eigenvalue weighted by molar-refractivity contribution is 0.736. The summed E-state index contributed by atoms with van der Waals surface area (Å²) in [6, 6.07) is 19.2. The molecule has 0 N–H and O–H groups in total. The zero-order valence-corrected chi connectivity index (χ0v) is 36.1. The third-order valence-corrected chi connectivity index (χ3v) is 9.20. The molecular weight excluding hydrogens is 661 g/mol. The number of hydrogen-bond acceptors (Lipinski definition) is 6. The minimum atomic E-state index is 0.917. The van der Waals surface area contributed by atoms with E-state index in [2.05, 4.69) is 135 Å². The van der Waals surface area contributed by atoms with E-state index < -0.39 is 0 Å². The summed E-state index contributed by atoms with van der Waals surface area (Å²) in [6.45, 7) is 26.0. The molecule has 3 rings (SSSR count). The van der Waals surface area contributed by atoms with Crippen molar-refractivity contribution >= 4 is 34.1 Å². The number of terminal acetylenes is 3. The second-order valence-electron chi connectivity index (χ2n) is 13.8. The van der Waals surface area contributed by atoms with Crippen LogP contribution < -0.4 is 29.4 Å². The Hall–Kier alpha value is -4.86. The third-order valence-electron chi connectivity index (χ3n) is 9.20. The first-order chi connectivity index (χ1) is 25.9. The third kappa shape index (κ3) is 15.2. The van der Waals surface area contributed by atoms with Gasteiger partial charge in [-0.3, -0.25) is 0 Å². The number of anilines is 6. The van der Waals surface area contributed by atoms with Gasteiger partial charge in [0.25, 0.3) is 0 Å². The SMILES string of the molecule is C#Cc1cc(N(C)C)cc(N(C)C)c1.C#Cc1cc(N(CC)CC)cc(N(CC)CC)c1.C#Cc1cc(N(CCC)CCC)cc(N(CCC)CCC)c1. The van der Waals surface area contributed by atoms with Crippen molar-refractivity contribution in [2.45, 2.75) is 81.1 Å². The lowest BCUT2D eigenvalue weighted by atomic mass is 10.1. The van der Waals surface area contributed by atoms with E-state index in [0.717, 1.165) is 106 Å². The van der Waals surface area contributed by atoms with Crippen LogP contribution in [-0.4, -0.2) is 80.5 Å². The van der Waals surface area contributed by atoms with Crippen molar-refractivity contribution in [3.63, 3.8) is 0 Å². The molecule has 6 nitrogen and oxygen atoms in total. The number of hydrogen-bond donors (Lipinski definition) is 0. The van der Waals surface area contributed by atoms with Gasteiger partial charge in [0, 0.05) is 131 Å². The van der Waals surface area contributed by atoms with Crippen LogP contribution in [0.1, 0.15) is 97.8 Å². The summed E-state index contributed by atoms with van der Waals surface area (Å²) in [4.78, 5) is 13.7. The molecule has 0 amide bonds. The van der Waals surface area contributed by atoms with Crippen molar-refractivity contribution in [3.05, 3.63) is 71.3 Å². The van der Waals surface area contributed by atoms with Crippen molar-refractivity contribution in [1.82, 2.24) is 0 Å². The minimum absolute atomic E-state index is 0.917. The average Bonchev–Trinajstić information content (AvgIpc) is 3.18. The quantitative estimate of drug-likeness (QED) is 0.121. The van der Waals surface area contributed by atoms with Gasteiger partial charge in [0.2, 0.25) is 0 Å². The van der Waals surface area contributed by atoms with Crippen molar-refractivity contribution in [1.29, 1.82) is 0 Å². The molecule has 0 radical (unpaired) electrons. The van der Waals surface area contributed by atoms with Gasteiger partial charge in [-0.1, -0.05) is 45.5 Å². The zero-order valence-electron chi connectivity index (χ0n) is 36.1. The second kappa shape index (κ2) is 26.0. The Labute approximate surface area is 332 Å². The normalized spacial score (nSPS) is 9.94. The standard InChI is InChI=1S/C20H32N2.C16H24N2.C12H16N2/c1-6-11-21(12-7-2)19-15-18(10-5)16-20(17-19)22(13-8-3)14-9-4;1-6-14-11-15(17(7-2)8-3)13-16(12-14)18(9-4)10-5;1-6-10-7-11(13(2)3)9-12(8-10)14(4)5/h5,15-17H,6-9,11-14H2,1-4H3;1,11-13H,7-10H2,2-5H3;1,7-9H,2-5H3. The van der Waals surface area contributed by atoms with Gasteiger partial charge in [-0.2, -0.15) is 0 Å². The van der Waals surface area contributed by atoms with E-state index in [-0.39, 0.29) is 0 Å². The van der Waals surface area contributed by atoms with Crippen LogP contribution >= 0.6 is 0 Å². The van der Waals surface area contributed by atoms with E-state index >= 15 is 0 Å². The highest BCUT2D eigenvalue weighted by atomic mass is 15.2. The molecule has 0 saturated carbocycles. The molecule has 54 heavy (non-hydrogen) atoms. The molecule has 294 valence electrons. The predicted molar refractivity (Wildman–Crippen MR) is 244 cm³/mol. The molecule has 0 saturated heterocycles. The fraction of sp³-hybridized carbons (Fsp3) is 0.500. The lowest BCUT2D eigenvalue weighted by Gasteiger charge is -2.28. The maximum Gasteiger partial charge on any atom is 0.0399 e. The van der Waals surface area contributed by atoms with Crippen molar-refractivity contribution < 1.29 is 0 Å². The van der Waals surface area contributed by atoms with Crippen LogP contribution in [0, 0.1) is 37.0 Å². The molecule has 0 bridgehead atoms. The Balaban J connectivity index is 0.000000415. The van der Waals surface area contributed by atoms with Gasteiger partial charge in [-0.05, 0) is 108 Å². The van der Waals surface area contributed by atoms with Crippen LogP contribution in [0.4, 0.5) is 34.1 Å². The van der Waals surface area contributed by atoms with Gasteiger partial charge in [0.15, 0.2) is 0 Å². The number of benzene rings is 3. The van der Waals surface area contributed by atoms with Gasteiger partial charge in [-0.15, -0.1) is 19.3 Å². The molecule has 0 spiro atoms. The Bertz CT molecular complexity index is 1530. The Morgan fingerprint density at radius 3 is 0.778 bits per heavy atom. The smallest absolute Gasteiger partial charge is 0.0399 e. The molecular formula is C48H72N6. The molecule has 0 unspecified atom stereocenters. The fourth-order valence-electron chi connectivity index (χ4n) is 6.28. The molecule has 0 atom stereocenters. The maximum absolute atomic E-state index is 5.70. The highest BCUT2D eigenvalue weighted by Gasteiger charge is 2.12. The van der Waals surface area contributed by atoms with Gasteiger partial charge in [0.1, 0.15) is 0 Å². The maximum atomic E-state index is 5.70. The molecule has 0 heterocycles. The van der Waals surface area contributed by atoms with Crippen LogP contribution in [-0.2, 0) is 0 Å². The summed E-state index contributed by atoms with van der Waals surface area (Å²) in [6.07, 6.45) is 21.3. The molecule has 0 aliphatic heterocycles. The van der Waals surface area contributed by atoms with Gasteiger partial charge in [0.05, 0.1) is 0 Å². The van der Waals surface area contributed by atoms with Crippen molar-refractivity contribution in [2.75, 3.05) is 110 Å². The Kier molecular flexibility index (Phi) is 22.7. The van der Waals surface area contributed by atoms with Crippen molar-refractivity contribution in [3.8, 4) is 37.0 Å². The van der Waals surface area contributed by atoms with E-state index in [4.69, 9.17) is 19.3 Å². The Morgan fingerprint density at radius 1 is 0.352 bits per heavy atom. The number of nitrogens with zero attached hydrogens (tertiary/aromatic N) is 6. The first-order valence-electron chi connectivity index (χ1n) is 20.1. The zero-order chi connectivity index (χ0) is 40.6. The van der Waals surface area contributed by atoms with Crippen molar-refractivity contribution in [2.24, 2.45) is 0 Å². The monoisotopic (exact) mass is 733 g/mol. The molecule has 0 fully saturated rings. The first kappa shape index (κ1) is 47.2. The molecule has 0 aliphatic carbocycles. The van der Waals surface area contributed by atoms with Crippen LogP contribution in [0.5, 0.6) is 0 Å². The first-order valence-corrected chi connectivity index (χ1v) is 20.1. The summed E-state index contributed by atoms with van der Waals surface area (Å²) in [5.74, 6) is 8.26. The summed E-state index contributed by atoms with van der Waals surface area (Å²) in [7, 11) is 8.04. The van der Waals surface area contributed by atoms with Crippen LogP contribution in [0.2, 0.25) is 0 Å². The fourth-order valence-corrected chi connectivity index (χ4v) is 6.28. The Morgan fingerprint density at radius 2 is 0.574 bits per heavy atom. The largest absolute Gasteiger partial charge is 0.378 e. The van der Waals surface area contributed by atoms with Gasteiger partial charge >= 0.3 is 0 Å². The van der Waals surface area contributed by atoms with Gasteiger partial charge < -0.3 is 29.4 Å². The van der Waals surface area contributed by atoms with Crippen LogP contribution in [0.15, 0.2) is 54.6 Å². The van der Waals surface area contributed by atoms with E-state index in [1.165, 1.54) is 22.7 Å². The number of rotatable bonds is 18. The van der Waals surface area contributed by atoms with Crippen LogP contribution in [0.25, 0.3) is 0 Å². The summed E-state index contributed by atoms with van der Waals surface area (Å²) in [5, 5.41) is 0. The van der Waals surface area contributed by atoms with Crippen LogP contribution in [0.3, 0.4) is 0 Å². The summed E-state index contributed by atoms with van der Waals surface area (Å²) < 4.78 is 0. The molecule has 6 heteroatoms. The van der Waals surface area contributed by atoms with E-state index in [0.29, 0.717) is 0 Å². The minimum Gasteiger partial charge on any atom is -0.378 e. The topological polar surface area (TPSA) is 19.4 Å². The second-order valence-corrected chi connectivity index (χ2v) is 13.8. The molecule has 3 aromatic carbocycles. The molecule has 0 aliphatic rings. The molecule has 0 aromatic heterocycles. The predicted octanol–water partition coefficient (Wildman–Crippen LogP) is 10.1. The lowest BCUT2D eigenvalue weighted by Crippen LogP contribution is -2.27. The molecule has 3 aromatic rings. The highest BCUT2D eigenvalue weighted by molar-refractivity contribution is 5.66. The van der Waals surface area contributed by atoms with E-state index in [1.807, 2.05) is 50.1 Å². The van der Waals surface area contributed by atoms with E-state index in [9.17, 15) is 0 Å².